The molecule has 0 unspecified atom stereocenters. The molecule has 0 spiro atoms. The van der Waals surface area contributed by atoms with Crippen molar-refractivity contribution in [3.8, 4) is 0 Å². The van der Waals surface area contributed by atoms with Crippen molar-refractivity contribution < 1.29 is 4.79 Å². The highest BCUT2D eigenvalue weighted by Gasteiger charge is 2.09. The van der Waals surface area contributed by atoms with Crippen LogP contribution in [0.4, 0.5) is 5.69 Å². The molecule has 6 heteroatoms. The molecule has 4 rings (SSSR count). The van der Waals surface area contributed by atoms with Crippen molar-refractivity contribution in [1.82, 2.24) is 14.8 Å². The smallest absolute Gasteiger partial charge is 0.258 e. The van der Waals surface area contributed by atoms with E-state index in [-0.39, 0.29) is 5.91 Å². The molecule has 144 valence electrons. The van der Waals surface area contributed by atoms with Crippen LogP contribution in [0, 0.1) is 0 Å². The van der Waals surface area contributed by atoms with E-state index in [0.29, 0.717) is 12.1 Å². The summed E-state index contributed by atoms with van der Waals surface area (Å²) in [7, 11) is 0. The normalized spacial score (nSPS) is 10.6. The molecule has 0 saturated heterocycles. The SMILES string of the molecule is O=C(Nc1ccc(SCc2cccnc2)cc1)c1cnn(Cc2ccccc2)c1. The second-order valence-corrected chi connectivity index (χ2v) is 7.59. The van der Waals surface area contributed by atoms with Gasteiger partial charge >= 0.3 is 0 Å². The van der Waals surface area contributed by atoms with Crippen molar-refractivity contribution in [3.05, 3.63) is 108 Å². The summed E-state index contributed by atoms with van der Waals surface area (Å²) < 4.78 is 1.77. The van der Waals surface area contributed by atoms with Crippen molar-refractivity contribution >= 4 is 23.4 Å². The van der Waals surface area contributed by atoms with Crippen LogP contribution in [0.1, 0.15) is 21.5 Å². The molecule has 29 heavy (non-hydrogen) atoms. The highest BCUT2D eigenvalue weighted by atomic mass is 32.2. The lowest BCUT2D eigenvalue weighted by molar-refractivity contribution is 0.102. The molecule has 2 heterocycles. The van der Waals surface area contributed by atoms with E-state index in [0.717, 1.165) is 21.9 Å². The van der Waals surface area contributed by atoms with Gasteiger partial charge < -0.3 is 5.32 Å². The van der Waals surface area contributed by atoms with Gasteiger partial charge in [0.25, 0.3) is 5.91 Å². The van der Waals surface area contributed by atoms with Gasteiger partial charge in [-0.2, -0.15) is 5.10 Å². The van der Waals surface area contributed by atoms with E-state index in [1.807, 2.05) is 66.9 Å². The van der Waals surface area contributed by atoms with Crippen LogP contribution in [-0.4, -0.2) is 20.7 Å². The van der Waals surface area contributed by atoms with Crippen LogP contribution in [0.5, 0.6) is 0 Å². The number of carbonyl (C=O) groups excluding carboxylic acids is 1. The molecule has 0 aliphatic carbocycles. The first kappa shape index (κ1) is 19.0. The molecule has 0 bridgehead atoms. The predicted molar refractivity (Wildman–Crippen MR) is 116 cm³/mol. The fourth-order valence-corrected chi connectivity index (χ4v) is 3.66. The molecule has 1 N–H and O–H groups in total. The third-order valence-corrected chi connectivity index (χ3v) is 5.41. The number of hydrogen-bond donors (Lipinski definition) is 1. The first-order chi connectivity index (χ1) is 14.3. The van der Waals surface area contributed by atoms with E-state index in [1.165, 1.54) is 5.56 Å². The fourth-order valence-electron chi connectivity index (χ4n) is 2.83. The molecule has 0 atom stereocenters. The third-order valence-electron chi connectivity index (χ3n) is 4.32. The van der Waals surface area contributed by atoms with Crippen LogP contribution in [0.2, 0.25) is 0 Å². The minimum absolute atomic E-state index is 0.167. The Bertz CT molecular complexity index is 1060. The topological polar surface area (TPSA) is 59.8 Å². The lowest BCUT2D eigenvalue weighted by Crippen LogP contribution is -2.11. The van der Waals surface area contributed by atoms with Crippen LogP contribution in [0.3, 0.4) is 0 Å². The summed E-state index contributed by atoms with van der Waals surface area (Å²) in [4.78, 5) is 17.8. The minimum Gasteiger partial charge on any atom is -0.322 e. The van der Waals surface area contributed by atoms with Gasteiger partial charge in [0.2, 0.25) is 0 Å². The molecule has 4 aromatic rings. The fraction of sp³-hybridized carbons (Fsp3) is 0.0870. The largest absolute Gasteiger partial charge is 0.322 e. The Hall–Kier alpha value is -3.38. The van der Waals surface area contributed by atoms with Crippen molar-refractivity contribution in [3.63, 3.8) is 0 Å². The summed E-state index contributed by atoms with van der Waals surface area (Å²) in [5, 5.41) is 7.21. The quantitative estimate of drug-likeness (QED) is 0.450. The summed E-state index contributed by atoms with van der Waals surface area (Å²) >= 11 is 1.74. The average molecular weight is 401 g/mol. The number of thioether (sulfide) groups is 1. The summed E-state index contributed by atoms with van der Waals surface area (Å²) in [5.74, 6) is 0.695. The van der Waals surface area contributed by atoms with E-state index in [1.54, 1.807) is 35.0 Å². The van der Waals surface area contributed by atoms with Crippen LogP contribution < -0.4 is 5.32 Å². The van der Waals surface area contributed by atoms with Crippen molar-refractivity contribution in [2.24, 2.45) is 0 Å². The number of anilines is 1. The molecule has 2 aromatic heterocycles. The number of hydrogen-bond acceptors (Lipinski definition) is 4. The molecular formula is C23H20N4OS. The van der Waals surface area contributed by atoms with Gasteiger partial charge in [-0.15, -0.1) is 11.8 Å². The van der Waals surface area contributed by atoms with E-state index < -0.39 is 0 Å². The Kier molecular flexibility index (Phi) is 6.02. The van der Waals surface area contributed by atoms with Gasteiger partial charge in [0.05, 0.1) is 18.3 Å². The van der Waals surface area contributed by atoms with Crippen molar-refractivity contribution in [2.45, 2.75) is 17.2 Å². The second-order valence-electron chi connectivity index (χ2n) is 6.54. The van der Waals surface area contributed by atoms with E-state index >= 15 is 0 Å². The van der Waals surface area contributed by atoms with Crippen LogP contribution in [-0.2, 0) is 12.3 Å². The lowest BCUT2D eigenvalue weighted by Gasteiger charge is -2.06. The zero-order valence-corrected chi connectivity index (χ0v) is 16.5. The number of carbonyl (C=O) groups is 1. The molecular weight excluding hydrogens is 380 g/mol. The Morgan fingerprint density at radius 3 is 2.48 bits per heavy atom. The molecule has 0 aliphatic heterocycles. The number of rotatable bonds is 7. The van der Waals surface area contributed by atoms with Crippen molar-refractivity contribution in [2.75, 3.05) is 5.32 Å². The number of nitrogens with zero attached hydrogens (tertiary/aromatic N) is 3. The highest BCUT2D eigenvalue weighted by molar-refractivity contribution is 7.98. The van der Waals surface area contributed by atoms with Gasteiger partial charge in [-0.3, -0.25) is 14.5 Å². The lowest BCUT2D eigenvalue weighted by atomic mass is 10.2. The first-order valence-corrected chi connectivity index (χ1v) is 10.2. The molecule has 0 saturated carbocycles. The maximum absolute atomic E-state index is 12.5. The number of pyridine rings is 1. The Balaban J connectivity index is 1.32. The van der Waals surface area contributed by atoms with E-state index in [2.05, 4.69) is 21.5 Å². The minimum atomic E-state index is -0.167. The molecule has 0 aliphatic rings. The molecule has 0 radical (unpaired) electrons. The summed E-state index contributed by atoms with van der Waals surface area (Å²) in [6, 6.07) is 21.9. The summed E-state index contributed by atoms with van der Waals surface area (Å²) in [6.45, 7) is 0.636. The molecule has 1 amide bonds. The van der Waals surface area contributed by atoms with Gasteiger partial charge in [0, 0.05) is 34.9 Å². The Morgan fingerprint density at radius 1 is 0.931 bits per heavy atom. The van der Waals surface area contributed by atoms with Crippen LogP contribution >= 0.6 is 11.8 Å². The number of amides is 1. The maximum atomic E-state index is 12.5. The standard InChI is InChI=1S/C23H20N4OS/c28-23(20-14-25-27(16-20)15-18-5-2-1-3-6-18)26-21-8-10-22(11-9-21)29-17-19-7-4-12-24-13-19/h1-14,16H,15,17H2,(H,26,28). The Labute approximate surface area is 173 Å². The predicted octanol–water partition coefficient (Wildman–Crippen LogP) is 4.87. The zero-order chi connectivity index (χ0) is 19.9. The summed E-state index contributed by atoms with van der Waals surface area (Å²) in [5.41, 5.74) is 3.62. The maximum Gasteiger partial charge on any atom is 0.258 e. The van der Waals surface area contributed by atoms with E-state index in [4.69, 9.17) is 0 Å². The third kappa shape index (κ3) is 5.33. The summed E-state index contributed by atoms with van der Waals surface area (Å²) in [6.07, 6.45) is 7.01. The number of benzene rings is 2. The van der Waals surface area contributed by atoms with Crippen LogP contribution in [0.15, 0.2) is 96.4 Å². The van der Waals surface area contributed by atoms with Gasteiger partial charge in [-0.1, -0.05) is 36.4 Å². The van der Waals surface area contributed by atoms with Gasteiger partial charge in [-0.25, -0.2) is 0 Å². The van der Waals surface area contributed by atoms with Gasteiger partial charge in [0.15, 0.2) is 0 Å². The molecule has 0 fully saturated rings. The monoisotopic (exact) mass is 400 g/mol. The number of nitrogens with one attached hydrogen (secondary N) is 1. The van der Waals surface area contributed by atoms with E-state index in [9.17, 15) is 4.79 Å². The zero-order valence-electron chi connectivity index (χ0n) is 15.7. The first-order valence-electron chi connectivity index (χ1n) is 9.26. The van der Waals surface area contributed by atoms with Crippen molar-refractivity contribution in [1.29, 1.82) is 0 Å². The Morgan fingerprint density at radius 2 is 1.72 bits per heavy atom. The van der Waals surface area contributed by atoms with Gasteiger partial charge in [-0.05, 0) is 41.5 Å². The average Bonchev–Trinajstić information content (AvgIpc) is 3.23. The molecule has 5 nitrogen and oxygen atoms in total. The molecule has 2 aromatic carbocycles. The van der Waals surface area contributed by atoms with Gasteiger partial charge in [0.1, 0.15) is 0 Å². The second kappa shape index (κ2) is 9.21. The number of aromatic nitrogens is 3. The van der Waals surface area contributed by atoms with Crippen LogP contribution in [0.25, 0.3) is 0 Å². The highest BCUT2D eigenvalue weighted by Crippen LogP contribution is 2.24.